The number of nitrogens with one attached hydrogen (secondary N) is 1. The van der Waals surface area contributed by atoms with Crippen LogP contribution in [-0.2, 0) is 0 Å². The number of hydrogen-bond acceptors (Lipinski definition) is 4. The van der Waals surface area contributed by atoms with Gasteiger partial charge in [0.1, 0.15) is 16.9 Å². The van der Waals surface area contributed by atoms with Gasteiger partial charge in [-0.2, -0.15) is 0 Å². The van der Waals surface area contributed by atoms with E-state index in [9.17, 15) is 4.79 Å². The van der Waals surface area contributed by atoms with Crippen LogP contribution in [0.25, 0.3) is 22.1 Å². The molecule has 0 spiro atoms. The summed E-state index contributed by atoms with van der Waals surface area (Å²) < 4.78 is 5.53. The Hall–Kier alpha value is -2.14. The number of fused-ring (bicyclic) bond motifs is 3. The lowest BCUT2D eigenvalue weighted by Gasteiger charge is -2.02. The molecule has 2 aromatic heterocycles. The average molecular weight is 243 g/mol. The topological polar surface area (TPSA) is 84.9 Å². The lowest BCUT2D eigenvalue weighted by atomic mass is 10.1. The smallest absolute Gasteiger partial charge is 0.294 e. The summed E-state index contributed by atoms with van der Waals surface area (Å²) in [4.78, 5) is 18.9. The summed E-state index contributed by atoms with van der Waals surface area (Å²) in [5, 5.41) is 0.845. The Bertz CT molecular complexity index is 799. The second kappa shape index (κ2) is 3.68. The van der Waals surface area contributed by atoms with E-state index in [-0.39, 0.29) is 17.2 Å². The van der Waals surface area contributed by atoms with Crippen LogP contribution < -0.4 is 11.3 Å². The summed E-state index contributed by atoms with van der Waals surface area (Å²) in [6.45, 7) is 3.76. The monoisotopic (exact) mass is 243 g/mol. The zero-order chi connectivity index (χ0) is 12.9. The maximum atomic E-state index is 11.9. The highest BCUT2D eigenvalue weighted by molar-refractivity contribution is 6.02. The first kappa shape index (κ1) is 11.0. The third-order valence-electron chi connectivity index (χ3n) is 2.93. The molecule has 92 valence electrons. The lowest BCUT2D eigenvalue weighted by molar-refractivity contribution is 0.655. The summed E-state index contributed by atoms with van der Waals surface area (Å²) in [7, 11) is 0. The van der Waals surface area contributed by atoms with Gasteiger partial charge >= 0.3 is 0 Å². The molecule has 1 aromatic carbocycles. The van der Waals surface area contributed by atoms with Crippen molar-refractivity contribution in [3.05, 3.63) is 39.9 Å². The number of benzene rings is 1. The van der Waals surface area contributed by atoms with E-state index in [0.29, 0.717) is 16.9 Å². The molecule has 0 fully saturated rings. The van der Waals surface area contributed by atoms with Gasteiger partial charge in [-0.05, 0) is 26.0 Å². The highest BCUT2D eigenvalue weighted by Gasteiger charge is 2.14. The fourth-order valence-corrected chi connectivity index (χ4v) is 2.00. The molecule has 0 aliphatic rings. The Morgan fingerprint density at radius 2 is 2.22 bits per heavy atom. The van der Waals surface area contributed by atoms with Crippen molar-refractivity contribution in [2.45, 2.75) is 19.9 Å². The number of rotatable bonds is 1. The van der Waals surface area contributed by atoms with E-state index in [1.807, 2.05) is 25.1 Å². The Morgan fingerprint density at radius 1 is 1.44 bits per heavy atom. The zero-order valence-corrected chi connectivity index (χ0v) is 10.2. The fourth-order valence-electron chi connectivity index (χ4n) is 2.00. The van der Waals surface area contributed by atoms with Crippen LogP contribution in [0, 0.1) is 6.92 Å². The van der Waals surface area contributed by atoms with Crippen LogP contribution in [0.2, 0.25) is 0 Å². The quantitative estimate of drug-likeness (QED) is 0.684. The number of hydrogen-bond donors (Lipinski definition) is 2. The fraction of sp³-hybridized carbons (Fsp3) is 0.231. The first-order valence-electron chi connectivity index (χ1n) is 5.75. The average Bonchev–Trinajstić information content (AvgIpc) is 2.68. The number of nitrogens with zero attached hydrogens (tertiary/aromatic N) is 1. The van der Waals surface area contributed by atoms with E-state index >= 15 is 0 Å². The second-order valence-corrected chi connectivity index (χ2v) is 4.52. The van der Waals surface area contributed by atoms with Crippen molar-refractivity contribution in [2.24, 2.45) is 5.73 Å². The molecule has 0 saturated carbocycles. The molecule has 0 radical (unpaired) electrons. The standard InChI is InChI=1S/C13H13N3O2/c1-6-3-4-9-8(5-6)10-11(18-9)13(17)16-12(15-10)7(2)14/h3-5,7H,14H2,1-2H3,(H,15,16,17). The summed E-state index contributed by atoms with van der Waals surface area (Å²) in [5.41, 5.74) is 8.04. The highest BCUT2D eigenvalue weighted by atomic mass is 16.3. The maximum absolute atomic E-state index is 11.9. The van der Waals surface area contributed by atoms with Gasteiger partial charge in [0, 0.05) is 5.39 Å². The predicted octanol–water partition coefficient (Wildman–Crippen LogP) is 2.00. The molecule has 5 nitrogen and oxygen atoms in total. The number of H-pyrrole nitrogens is 1. The zero-order valence-electron chi connectivity index (χ0n) is 10.2. The Labute approximate surface area is 103 Å². The summed E-state index contributed by atoms with van der Waals surface area (Å²) >= 11 is 0. The van der Waals surface area contributed by atoms with Gasteiger partial charge in [0.05, 0.1) is 6.04 Å². The maximum Gasteiger partial charge on any atom is 0.294 e. The molecular weight excluding hydrogens is 230 g/mol. The molecule has 18 heavy (non-hydrogen) atoms. The minimum atomic E-state index is -0.322. The van der Waals surface area contributed by atoms with Crippen LogP contribution in [0.15, 0.2) is 27.4 Å². The number of aromatic amines is 1. The minimum absolute atomic E-state index is 0.250. The molecule has 2 heterocycles. The molecule has 3 N–H and O–H groups in total. The Morgan fingerprint density at radius 3 is 2.94 bits per heavy atom. The molecule has 3 rings (SSSR count). The Balaban J connectivity index is 2.49. The number of aromatic nitrogens is 2. The van der Waals surface area contributed by atoms with Crippen LogP contribution in [0.4, 0.5) is 0 Å². The molecule has 0 aliphatic carbocycles. The molecule has 1 atom stereocenters. The molecule has 3 aromatic rings. The molecule has 0 saturated heterocycles. The second-order valence-electron chi connectivity index (χ2n) is 4.52. The third kappa shape index (κ3) is 1.52. The summed E-state index contributed by atoms with van der Waals surface area (Å²) in [6, 6.07) is 5.42. The largest absolute Gasteiger partial charge is 0.449 e. The van der Waals surface area contributed by atoms with E-state index in [0.717, 1.165) is 10.9 Å². The lowest BCUT2D eigenvalue weighted by Crippen LogP contribution is -2.17. The molecule has 5 heteroatoms. The van der Waals surface area contributed by atoms with E-state index < -0.39 is 0 Å². The van der Waals surface area contributed by atoms with E-state index in [4.69, 9.17) is 10.2 Å². The van der Waals surface area contributed by atoms with Gasteiger partial charge in [0.2, 0.25) is 5.58 Å². The van der Waals surface area contributed by atoms with Gasteiger partial charge in [-0.25, -0.2) is 4.98 Å². The van der Waals surface area contributed by atoms with Crippen LogP contribution in [0.1, 0.15) is 24.4 Å². The SMILES string of the molecule is Cc1ccc2oc3c(=O)[nH]c(C(C)N)nc3c2c1. The van der Waals surface area contributed by atoms with Gasteiger partial charge < -0.3 is 15.1 Å². The van der Waals surface area contributed by atoms with Gasteiger partial charge in [0.15, 0.2) is 0 Å². The first-order chi connectivity index (χ1) is 8.56. The third-order valence-corrected chi connectivity index (χ3v) is 2.93. The number of furan rings is 1. The first-order valence-corrected chi connectivity index (χ1v) is 5.75. The van der Waals surface area contributed by atoms with Gasteiger partial charge in [-0.15, -0.1) is 0 Å². The van der Waals surface area contributed by atoms with Crippen LogP contribution in [-0.4, -0.2) is 9.97 Å². The normalized spacial score (nSPS) is 13.3. The van der Waals surface area contributed by atoms with Gasteiger partial charge in [-0.3, -0.25) is 4.79 Å². The summed E-state index contributed by atoms with van der Waals surface area (Å²) in [5.74, 6) is 0.469. The number of aryl methyl sites for hydroxylation is 1. The number of nitrogens with two attached hydrogens (primary N) is 1. The van der Waals surface area contributed by atoms with Crippen molar-refractivity contribution in [1.29, 1.82) is 0 Å². The van der Waals surface area contributed by atoms with Crippen molar-refractivity contribution in [2.75, 3.05) is 0 Å². The van der Waals surface area contributed by atoms with Crippen molar-refractivity contribution < 1.29 is 4.42 Å². The minimum Gasteiger partial charge on any atom is -0.449 e. The molecular formula is C13H13N3O2. The van der Waals surface area contributed by atoms with Gasteiger partial charge in [0.25, 0.3) is 5.56 Å². The Kier molecular flexibility index (Phi) is 2.24. The van der Waals surface area contributed by atoms with E-state index in [1.165, 1.54) is 0 Å². The van der Waals surface area contributed by atoms with Crippen molar-refractivity contribution >= 4 is 22.1 Å². The van der Waals surface area contributed by atoms with Crippen LogP contribution >= 0.6 is 0 Å². The molecule has 1 unspecified atom stereocenters. The molecule has 0 amide bonds. The van der Waals surface area contributed by atoms with Crippen molar-refractivity contribution in [1.82, 2.24) is 9.97 Å². The van der Waals surface area contributed by atoms with Gasteiger partial charge in [-0.1, -0.05) is 11.6 Å². The van der Waals surface area contributed by atoms with Crippen molar-refractivity contribution in [3.8, 4) is 0 Å². The summed E-state index contributed by atoms with van der Waals surface area (Å²) in [6.07, 6.45) is 0. The predicted molar refractivity (Wildman–Crippen MR) is 69.5 cm³/mol. The highest BCUT2D eigenvalue weighted by Crippen LogP contribution is 2.26. The van der Waals surface area contributed by atoms with E-state index in [2.05, 4.69) is 9.97 Å². The molecule has 0 bridgehead atoms. The van der Waals surface area contributed by atoms with Crippen LogP contribution in [0.3, 0.4) is 0 Å². The van der Waals surface area contributed by atoms with Crippen LogP contribution in [0.5, 0.6) is 0 Å². The van der Waals surface area contributed by atoms with Crippen molar-refractivity contribution in [3.63, 3.8) is 0 Å². The van der Waals surface area contributed by atoms with E-state index in [1.54, 1.807) is 6.92 Å². The molecule has 0 aliphatic heterocycles.